The summed E-state index contributed by atoms with van der Waals surface area (Å²) in [6, 6.07) is 0. The molecule has 0 rings (SSSR count). The van der Waals surface area contributed by atoms with Crippen molar-refractivity contribution in [3.63, 3.8) is 0 Å². The quantitative estimate of drug-likeness (QED) is 0.0272. The molecule has 2 atom stereocenters. The lowest BCUT2D eigenvalue weighted by Gasteiger charge is -2.20. The van der Waals surface area contributed by atoms with E-state index >= 15 is 0 Å². The van der Waals surface area contributed by atoms with Crippen molar-refractivity contribution in [2.45, 2.75) is 180 Å². The first-order valence-electron chi connectivity index (χ1n) is 21.9. The van der Waals surface area contributed by atoms with Crippen molar-refractivity contribution in [1.29, 1.82) is 0 Å². The number of hydrogen-bond acceptors (Lipinski definition) is 7. The zero-order chi connectivity index (χ0) is 40.2. The van der Waals surface area contributed by atoms with E-state index in [0.717, 1.165) is 83.5 Å². The molecule has 0 heterocycles. The Hall–Kier alpha value is -2.06. The minimum absolute atomic E-state index is 0.0952. The van der Waals surface area contributed by atoms with Crippen LogP contribution in [0.4, 0.5) is 0 Å². The van der Waals surface area contributed by atoms with Gasteiger partial charge in [0.15, 0.2) is 0 Å². The summed E-state index contributed by atoms with van der Waals surface area (Å²) in [4.78, 5) is 22.4. The Labute approximate surface area is 337 Å². The van der Waals surface area contributed by atoms with Gasteiger partial charge in [-0.3, -0.25) is 13.8 Å². The normalized spacial score (nSPS) is 14.2. The van der Waals surface area contributed by atoms with E-state index < -0.39 is 13.9 Å². The highest BCUT2D eigenvalue weighted by Gasteiger charge is 2.25. The summed E-state index contributed by atoms with van der Waals surface area (Å²) in [6.07, 6.45) is 53.6. The fourth-order valence-electron chi connectivity index (χ4n) is 5.67. The second-order valence-corrected chi connectivity index (χ2v) is 15.6. The Morgan fingerprint density at radius 1 is 0.564 bits per heavy atom. The SMILES string of the molecule is CC/C=C\C/C=C\C/C=C\C/C=C\C/C=C\CCCCCCCCCCCCOCC(COP(=O)(O)OCCN)OC(=O)CCCCCCC/C=C\CCC. The second kappa shape index (κ2) is 43.1. The molecule has 9 heteroatoms. The molecule has 0 spiro atoms. The summed E-state index contributed by atoms with van der Waals surface area (Å²) in [5, 5.41) is 0. The highest BCUT2D eigenvalue weighted by atomic mass is 31.2. The van der Waals surface area contributed by atoms with Gasteiger partial charge in [0.25, 0.3) is 0 Å². The number of hydrogen-bond donors (Lipinski definition) is 2. The van der Waals surface area contributed by atoms with E-state index in [1.807, 2.05) is 0 Å². The molecular formula is C46H82NO7P. The molecule has 0 saturated heterocycles. The fraction of sp³-hybridized carbons (Fsp3) is 0.717. The molecule has 8 nitrogen and oxygen atoms in total. The molecule has 0 aliphatic rings. The third-order valence-electron chi connectivity index (χ3n) is 8.84. The monoisotopic (exact) mass is 792 g/mol. The molecule has 0 aromatic heterocycles. The predicted molar refractivity (Wildman–Crippen MR) is 233 cm³/mol. The van der Waals surface area contributed by atoms with Crippen LogP contribution in [-0.4, -0.2) is 49.9 Å². The van der Waals surface area contributed by atoms with Gasteiger partial charge in [-0.05, 0) is 77.0 Å². The van der Waals surface area contributed by atoms with Gasteiger partial charge in [-0.2, -0.15) is 0 Å². The molecule has 0 amide bonds. The van der Waals surface area contributed by atoms with Crippen molar-refractivity contribution >= 4 is 13.8 Å². The molecule has 0 aliphatic heterocycles. The van der Waals surface area contributed by atoms with Gasteiger partial charge >= 0.3 is 13.8 Å². The molecule has 55 heavy (non-hydrogen) atoms. The summed E-state index contributed by atoms with van der Waals surface area (Å²) < 4.78 is 33.3. The van der Waals surface area contributed by atoms with Crippen LogP contribution in [0.3, 0.4) is 0 Å². The number of esters is 1. The molecular weight excluding hydrogens is 709 g/mol. The topological polar surface area (TPSA) is 117 Å². The Morgan fingerprint density at radius 2 is 1.02 bits per heavy atom. The number of carbonyl (C=O) groups is 1. The Bertz CT molecular complexity index is 1070. The van der Waals surface area contributed by atoms with Gasteiger partial charge < -0.3 is 20.1 Å². The average molecular weight is 792 g/mol. The van der Waals surface area contributed by atoms with Gasteiger partial charge in [0, 0.05) is 19.6 Å². The molecule has 3 N–H and O–H groups in total. The van der Waals surface area contributed by atoms with Crippen LogP contribution >= 0.6 is 7.82 Å². The van der Waals surface area contributed by atoms with E-state index in [-0.39, 0.29) is 32.3 Å². The number of allylic oxidation sites excluding steroid dienone is 12. The van der Waals surface area contributed by atoms with Crippen LogP contribution in [-0.2, 0) is 27.9 Å². The molecule has 0 aromatic carbocycles. The van der Waals surface area contributed by atoms with Crippen molar-refractivity contribution < 1.29 is 32.8 Å². The van der Waals surface area contributed by atoms with Crippen LogP contribution < -0.4 is 5.73 Å². The van der Waals surface area contributed by atoms with E-state index in [9.17, 15) is 14.3 Å². The standard InChI is InChI=1S/C46H82NO7P/c1-3-5-7-9-11-13-15-16-17-18-19-20-21-22-23-24-25-26-27-28-29-30-32-34-36-38-41-51-43-45(44-53-55(49,50)52-42-40-47)54-46(48)39-37-35-33-31-14-12-10-8-6-4-2/h5,7-8,10-11,13,16-17,19-20,22-23,45H,3-4,6,9,12,14-15,18,21,24-44,47H2,1-2H3,(H,49,50)/b7-5-,10-8-,13-11-,17-16-,20-19-,23-22-. The Morgan fingerprint density at radius 3 is 1.55 bits per heavy atom. The molecule has 0 aromatic rings. The van der Waals surface area contributed by atoms with Crippen LogP contribution in [0.25, 0.3) is 0 Å². The van der Waals surface area contributed by atoms with Gasteiger partial charge in [-0.25, -0.2) is 4.57 Å². The van der Waals surface area contributed by atoms with Crippen molar-refractivity contribution in [2.75, 3.05) is 33.0 Å². The number of nitrogens with two attached hydrogens (primary N) is 1. The maximum atomic E-state index is 12.5. The van der Waals surface area contributed by atoms with Crippen LogP contribution in [0.5, 0.6) is 0 Å². The zero-order valence-electron chi connectivity index (χ0n) is 35.1. The molecule has 0 saturated carbocycles. The second-order valence-electron chi connectivity index (χ2n) is 14.2. The largest absolute Gasteiger partial charge is 0.472 e. The summed E-state index contributed by atoms with van der Waals surface area (Å²) in [5.41, 5.74) is 5.36. The lowest BCUT2D eigenvalue weighted by molar-refractivity contribution is -0.154. The summed E-state index contributed by atoms with van der Waals surface area (Å²) in [5.74, 6) is -0.347. The van der Waals surface area contributed by atoms with E-state index in [0.29, 0.717) is 13.0 Å². The number of rotatable bonds is 41. The highest BCUT2D eigenvalue weighted by molar-refractivity contribution is 7.47. The van der Waals surface area contributed by atoms with Gasteiger partial charge in [-0.15, -0.1) is 0 Å². The highest BCUT2D eigenvalue weighted by Crippen LogP contribution is 2.43. The zero-order valence-corrected chi connectivity index (χ0v) is 36.0. The van der Waals surface area contributed by atoms with Gasteiger partial charge in [0.2, 0.25) is 0 Å². The van der Waals surface area contributed by atoms with Gasteiger partial charge in [0.05, 0.1) is 19.8 Å². The maximum absolute atomic E-state index is 12.5. The average Bonchev–Trinajstić information content (AvgIpc) is 3.17. The molecule has 318 valence electrons. The van der Waals surface area contributed by atoms with E-state index in [1.54, 1.807) is 0 Å². The fourth-order valence-corrected chi connectivity index (χ4v) is 6.44. The van der Waals surface area contributed by atoms with Gasteiger partial charge in [-0.1, -0.05) is 164 Å². The smallest absolute Gasteiger partial charge is 0.457 e. The predicted octanol–water partition coefficient (Wildman–Crippen LogP) is 13.1. The first kappa shape index (κ1) is 52.9. The lowest BCUT2D eigenvalue weighted by atomic mass is 10.1. The van der Waals surface area contributed by atoms with E-state index in [1.165, 1.54) is 70.6 Å². The summed E-state index contributed by atoms with van der Waals surface area (Å²) >= 11 is 0. The van der Waals surface area contributed by atoms with Crippen LogP contribution in [0.1, 0.15) is 174 Å². The minimum atomic E-state index is -4.28. The molecule has 0 aliphatic carbocycles. The molecule has 0 fully saturated rings. The van der Waals surface area contributed by atoms with Crippen LogP contribution in [0.2, 0.25) is 0 Å². The van der Waals surface area contributed by atoms with Crippen LogP contribution in [0.15, 0.2) is 72.9 Å². The Balaban J connectivity index is 3.93. The maximum Gasteiger partial charge on any atom is 0.472 e. The first-order chi connectivity index (χ1) is 26.9. The van der Waals surface area contributed by atoms with E-state index in [2.05, 4.69) is 86.8 Å². The van der Waals surface area contributed by atoms with Gasteiger partial charge in [0.1, 0.15) is 6.10 Å². The molecule has 0 radical (unpaired) electrons. The number of phosphoric ester groups is 1. The Kier molecular flexibility index (Phi) is 41.5. The van der Waals surface area contributed by atoms with Crippen molar-refractivity contribution in [2.24, 2.45) is 5.73 Å². The number of carbonyl (C=O) groups excluding carboxylic acids is 1. The van der Waals surface area contributed by atoms with Crippen molar-refractivity contribution in [3.8, 4) is 0 Å². The number of ether oxygens (including phenoxy) is 2. The van der Waals surface area contributed by atoms with Crippen molar-refractivity contribution in [3.05, 3.63) is 72.9 Å². The lowest BCUT2D eigenvalue weighted by Crippen LogP contribution is -2.28. The summed E-state index contributed by atoms with van der Waals surface area (Å²) in [7, 11) is -4.28. The first-order valence-corrected chi connectivity index (χ1v) is 23.4. The minimum Gasteiger partial charge on any atom is -0.457 e. The molecule has 0 bridgehead atoms. The molecule has 2 unspecified atom stereocenters. The number of phosphoric acid groups is 1. The van der Waals surface area contributed by atoms with E-state index in [4.69, 9.17) is 24.3 Å². The van der Waals surface area contributed by atoms with Crippen molar-refractivity contribution in [1.82, 2.24) is 0 Å². The third kappa shape index (κ3) is 42.9. The van der Waals surface area contributed by atoms with Crippen LogP contribution in [0, 0.1) is 0 Å². The summed E-state index contributed by atoms with van der Waals surface area (Å²) in [6.45, 7) is 4.71. The number of unbranched alkanes of at least 4 members (excludes halogenated alkanes) is 16. The third-order valence-corrected chi connectivity index (χ3v) is 9.82.